The number of ether oxygens (including phenoxy) is 1. The Balaban J connectivity index is 1.98. The van der Waals surface area contributed by atoms with Gasteiger partial charge >= 0.3 is 5.51 Å². The maximum absolute atomic E-state index is 12.4. The summed E-state index contributed by atoms with van der Waals surface area (Å²) in [6, 6.07) is 2.63. The maximum Gasteiger partial charge on any atom is 0.447 e. The lowest BCUT2D eigenvalue weighted by atomic mass is 10.2. The van der Waals surface area contributed by atoms with Crippen LogP contribution >= 0.6 is 11.8 Å². The van der Waals surface area contributed by atoms with Crippen molar-refractivity contribution in [1.82, 2.24) is 10.5 Å². The first-order chi connectivity index (χ1) is 9.96. The average Bonchev–Trinajstić information content (AvgIpc) is 2.45. The molecule has 2 heterocycles. The molecule has 21 heavy (non-hydrogen) atoms. The Morgan fingerprint density at radius 3 is 2.95 bits per heavy atom. The summed E-state index contributed by atoms with van der Waals surface area (Å²) in [5, 5.41) is -0.421. The predicted molar refractivity (Wildman–Crippen MR) is 68.3 cm³/mol. The van der Waals surface area contributed by atoms with Gasteiger partial charge in [-0.2, -0.15) is 13.2 Å². The van der Waals surface area contributed by atoms with Gasteiger partial charge in [0.25, 0.3) is 5.91 Å². The fourth-order valence-corrected chi connectivity index (χ4v) is 2.34. The third-order valence-electron chi connectivity index (χ3n) is 2.65. The first-order valence-corrected chi connectivity index (χ1v) is 7.06. The normalized spacial score (nSPS) is 19.3. The van der Waals surface area contributed by atoms with Crippen molar-refractivity contribution in [2.45, 2.75) is 36.1 Å². The zero-order valence-corrected chi connectivity index (χ0v) is 11.7. The van der Waals surface area contributed by atoms with Crippen LogP contribution in [0.5, 0.6) is 0 Å². The number of hydroxylamine groups is 1. The van der Waals surface area contributed by atoms with Crippen LogP contribution in [0.3, 0.4) is 0 Å². The lowest BCUT2D eigenvalue weighted by Gasteiger charge is -2.22. The van der Waals surface area contributed by atoms with Gasteiger partial charge in [-0.15, -0.1) is 0 Å². The van der Waals surface area contributed by atoms with Gasteiger partial charge < -0.3 is 4.74 Å². The van der Waals surface area contributed by atoms with E-state index in [1.165, 1.54) is 18.3 Å². The number of carbonyl (C=O) groups is 1. The summed E-state index contributed by atoms with van der Waals surface area (Å²) in [7, 11) is 0. The number of aromatic nitrogens is 1. The van der Waals surface area contributed by atoms with E-state index in [1.807, 2.05) is 0 Å². The fraction of sp³-hybridized carbons (Fsp3) is 0.500. The second kappa shape index (κ2) is 7.10. The molecule has 9 heteroatoms. The van der Waals surface area contributed by atoms with E-state index >= 15 is 0 Å². The smallest absolute Gasteiger partial charge is 0.350 e. The van der Waals surface area contributed by atoms with Crippen molar-refractivity contribution in [2.75, 3.05) is 6.61 Å². The van der Waals surface area contributed by atoms with E-state index in [0.29, 0.717) is 13.0 Å². The number of alkyl halides is 3. The second-order valence-electron chi connectivity index (χ2n) is 4.25. The molecule has 2 rings (SSSR count). The van der Waals surface area contributed by atoms with Crippen LogP contribution in [0.1, 0.15) is 29.6 Å². The van der Waals surface area contributed by atoms with Gasteiger partial charge in [-0.1, -0.05) is 0 Å². The summed E-state index contributed by atoms with van der Waals surface area (Å²) >= 11 is -0.442. The molecule has 1 unspecified atom stereocenters. The number of nitrogens with zero attached hydrogens (tertiary/aromatic N) is 1. The van der Waals surface area contributed by atoms with Gasteiger partial charge in [-0.3, -0.25) is 4.79 Å². The molecule has 1 N–H and O–H groups in total. The summed E-state index contributed by atoms with van der Waals surface area (Å²) in [5.74, 6) is -0.788. The summed E-state index contributed by atoms with van der Waals surface area (Å²) < 4.78 is 42.4. The molecule has 5 nitrogen and oxygen atoms in total. The molecule has 116 valence electrons. The van der Waals surface area contributed by atoms with Crippen molar-refractivity contribution < 1.29 is 27.5 Å². The molecular formula is C12H13F3N2O3S. The summed E-state index contributed by atoms with van der Waals surface area (Å²) in [4.78, 5) is 20.5. The Bertz CT molecular complexity index is 493. The van der Waals surface area contributed by atoms with Crippen LogP contribution < -0.4 is 5.48 Å². The average molecular weight is 322 g/mol. The van der Waals surface area contributed by atoms with Gasteiger partial charge in [0.15, 0.2) is 6.29 Å². The van der Waals surface area contributed by atoms with Crippen molar-refractivity contribution in [2.24, 2.45) is 0 Å². The van der Waals surface area contributed by atoms with Gasteiger partial charge in [0.2, 0.25) is 0 Å². The minimum atomic E-state index is -4.52. The number of pyridine rings is 1. The van der Waals surface area contributed by atoms with Crippen molar-refractivity contribution in [1.29, 1.82) is 0 Å². The monoisotopic (exact) mass is 322 g/mol. The number of hydrogen-bond donors (Lipinski definition) is 1. The molecule has 1 saturated heterocycles. The number of hydrogen-bond acceptors (Lipinski definition) is 5. The van der Waals surface area contributed by atoms with Crippen LogP contribution in [0.4, 0.5) is 13.2 Å². The van der Waals surface area contributed by atoms with Gasteiger partial charge in [0.1, 0.15) is 5.03 Å². The van der Waals surface area contributed by atoms with Crippen molar-refractivity contribution in [3.05, 3.63) is 23.9 Å². The van der Waals surface area contributed by atoms with Crippen LogP contribution in [0, 0.1) is 0 Å². The molecule has 0 bridgehead atoms. The predicted octanol–water partition coefficient (Wildman–Crippen LogP) is 2.88. The molecule has 1 aliphatic heterocycles. The zero-order chi connectivity index (χ0) is 15.3. The number of nitrogens with one attached hydrogen (secondary N) is 1. The number of amides is 1. The molecule has 0 saturated carbocycles. The first kappa shape index (κ1) is 16.1. The van der Waals surface area contributed by atoms with E-state index < -0.39 is 34.5 Å². The van der Waals surface area contributed by atoms with Crippen LogP contribution in [-0.4, -0.2) is 29.3 Å². The highest BCUT2D eigenvalue weighted by molar-refractivity contribution is 8.00. The van der Waals surface area contributed by atoms with Crippen LogP contribution in [-0.2, 0) is 9.57 Å². The maximum atomic E-state index is 12.4. The van der Waals surface area contributed by atoms with E-state index in [2.05, 4.69) is 10.5 Å². The number of halogens is 3. The molecule has 1 aromatic heterocycles. The molecule has 0 spiro atoms. The van der Waals surface area contributed by atoms with Crippen LogP contribution in [0.25, 0.3) is 0 Å². The summed E-state index contributed by atoms with van der Waals surface area (Å²) in [6.45, 7) is 0.530. The standard InChI is InChI=1S/C12H13F3N2O3S/c13-12(14,15)21-11-8(4-3-6-16-11)10(18)17-20-9-5-1-2-7-19-9/h3-4,6,9H,1-2,5,7H2,(H,17,18). The molecule has 1 amide bonds. The van der Waals surface area contributed by atoms with E-state index in [0.717, 1.165) is 12.8 Å². The first-order valence-electron chi connectivity index (χ1n) is 6.24. The van der Waals surface area contributed by atoms with Crippen molar-refractivity contribution in [3.8, 4) is 0 Å². The van der Waals surface area contributed by atoms with Gasteiger partial charge in [-0.05, 0) is 25.0 Å². The Labute approximate surface area is 123 Å². The lowest BCUT2D eigenvalue weighted by molar-refractivity contribution is -0.186. The van der Waals surface area contributed by atoms with Crippen LogP contribution in [0.15, 0.2) is 23.4 Å². The second-order valence-corrected chi connectivity index (χ2v) is 5.30. The molecular weight excluding hydrogens is 309 g/mol. The molecule has 1 atom stereocenters. The Kier molecular flexibility index (Phi) is 5.43. The highest BCUT2D eigenvalue weighted by Crippen LogP contribution is 2.37. The topological polar surface area (TPSA) is 60.5 Å². The van der Waals surface area contributed by atoms with Crippen LogP contribution in [0.2, 0.25) is 0 Å². The van der Waals surface area contributed by atoms with E-state index in [4.69, 9.17) is 9.57 Å². The highest BCUT2D eigenvalue weighted by atomic mass is 32.2. The summed E-state index contributed by atoms with van der Waals surface area (Å²) in [5.41, 5.74) is -2.61. The van der Waals surface area contributed by atoms with E-state index in [9.17, 15) is 18.0 Å². The molecule has 1 fully saturated rings. The van der Waals surface area contributed by atoms with Crippen molar-refractivity contribution in [3.63, 3.8) is 0 Å². The molecule has 0 aromatic carbocycles. The van der Waals surface area contributed by atoms with E-state index in [1.54, 1.807) is 0 Å². The molecule has 0 aliphatic carbocycles. The third-order valence-corrected chi connectivity index (χ3v) is 3.40. The quantitative estimate of drug-likeness (QED) is 0.682. The van der Waals surface area contributed by atoms with Crippen molar-refractivity contribution >= 4 is 17.7 Å². The fourth-order valence-electron chi connectivity index (χ4n) is 1.73. The van der Waals surface area contributed by atoms with Gasteiger partial charge in [0.05, 0.1) is 5.56 Å². The van der Waals surface area contributed by atoms with E-state index in [-0.39, 0.29) is 5.56 Å². The lowest BCUT2D eigenvalue weighted by Crippen LogP contribution is -2.33. The zero-order valence-electron chi connectivity index (χ0n) is 10.9. The highest BCUT2D eigenvalue weighted by Gasteiger charge is 2.32. The number of thioether (sulfide) groups is 1. The van der Waals surface area contributed by atoms with Gasteiger partial charge in [-0.25, -0.2) is 15.3 Å². The third kappa shape index (κ3) is 5.18. The minimum absolute atomic E-state index is 0.198. The SMILES string of the molecule is O=C(NOC1CCCCO1)c1cccnc1SC(F)(F)F. The molecule has 0 radical (unpaired) electrons. The largest absolute Gasteiger partial charge is 0.447 e. The van der Waals surface area contributed by atoms with Gasteiger partial charge in [0, 0.05) is 31.0 Å². The minimum Gasteiger partial charge on any atom is -0.350 e. The molecule has 1 aliphatic rings. The Hall–Kier alpha value is -1.32. The Morgan fingerprint density at radius 1 is 1.48 bits per heavy atom. The number of rotatable bonds is 4. The number of carbonyl (C=O) groups excluding carboxylic acids is 1. The Morgan fingerprint density at radius 2 is 2.29 bits per heavy atom. The summed E-state index contributed by atoms with van der Waals surface area (Å²) in [6.07, 6.45) is 3.07. The molecule has 1 aromatic rings.